The molecule has 0 spiro atoms. The lowest BCUT2D eigenvalue weighted by molar-refractivity contribution is -0.215. The number of aromatic nitrogens is 1. The molecule has 0 saturated carbocycles. The van der Waals surface area contributed by atoms with Crippen LogP contribution in [0, 0.1) is 22.7 Å². The first-order chi connectivity index (χ1) is 15.3. The Kier molecular flexibility index (Phi) is 8.01. The quantitative estimate of drug-likeness (QED) is 0.287. The van der Waals surface area contributed by atoms with Crippen molar-refractivity contribution in [1.29, 1.82) is 0 Å². The van der Waals surface area contributed by atoms with Crippen molar-refractivity contribution in [3.63, 3.8) is 0 Å². The first-order valence-electron chi connectivity index (χ1n) is 11.1. The molecule has 2 fully saturated rings. The van der Waals surface area contributed by atoms with Crippen LogP contribution in [-0.2, 0) is 15.9 Å². The second-order valence-electron chi connectivity index (χ2n) is 9.73. The zero-order valence-corrected chi connectivity index (χ0v) is 19.6. The van der Waals surface area contributed by atoms with Gasteiger partial charge in [0.1, 0.15) is 5.71 Å². The zero-order chi connectivity index (χ0) is 23.2. The number of aryl methyl sites for hydroxylation is 1. The number of hydrogen-bond acceptors (Lipinski definition) is 8. The number of aliphatic hydroxyl groups is 1. The lowest BCUT2D eigenvalue weighted by Gasteiger charge is -2.46. The van der Waals surface area contributed by atoms with Crippen LogP contribution in [-0.4, -0.2) is 79.2 Å². The number of nitrogens with zero attached hydrogens (tertiary/aromatic N) is 4. The van der Waals surface area contributed by atoms with Crippen molar-refractivity contribution in [3.8, 4) is 11.8 Å². The van der Waals surface area contributed by atoms with Gasteiger partial charge in [-0.3, -0.25) is 14.9 Å². The highest BCUT2D eigenvalue weighted by molar-refractivity contribution is 6.37. The molecule has 3 N–H and O–H groups in total. The van der Waals surface area contributed by atoms with E-state index in [-0.39, 0.29) is 23.7 Å². The smallest absolute Gasteiger partial charge is 0.176 e. The maximum Gasteiger partial charge on any atom is 0.176 e. The van der Waals surface area contributed by atoms with Gasteiger partial charge in [0.25, 0.3) is 0 Å². The molecule has 32 heavy (non-hydrogen) atoms. The molecule has 0 unspecified atom stereocenters. The van der Waals surface area contributed by atoms with E-state index in [1.807, 2.05) is 6.07 Å². The predicted molar refractivity (Wildman–Crippen MR) is 126 cm³/mol. The highest BCUT2D eigenvalue weighted by Gasteiger charge is 2.37. The van der Waals surface area contributed by atoms with Crippen LogP contribution in [0.1, 0.15) is 44.5 Å². The molecule has 2 aliphatic heterocycles. The number of pyridine rings is 1. The molecule has 8 nitrogen and oxygen atoms in total. The molecule has 2 aliphatic rings. The molecule has 1 aromatic heterocycles. The van der Waals surface area contributed by atoms with Gasteiger partial charge in [-0.15, -0.1) is 0 Å². The topological polar surface area (TPSA) is 106 Å². The Bertz CT molecular complexity index is 900. The van der Waals surface area contributed by atoms with Gasteiger partial charge in [0, 0.05) is 35.7 Å². The number of likely N-dealkylation sites (tertiary alicyclic amines) is 1. The van der Waals surface area contributed by atoms with Gasteiger partial charge in [-0.05, 0) is 18.1 Å². The average Bonchev–Trinajstić information content (AvgIpc) is 2.76. The summed E-state index contributed by atoms with van der Waals surface area (Å²) < 4.78 is 11.4. The van der Waals surface area contributed by atoms with Crippen molar-refractivity contribution in [2.24, 2.45) is 26.8 Å². The maximum absolute atomic E-state index is 9.34. The van der Waals surface area contributed by atoms with Crippen molar-refractivity contribution in [2.75, 3.05) is 46.0 Å². The van der Waals surface area contributed by atoms with Crippen molar-refractivity contribution in [1.82, 2.24) is 9.88 Å². The minimum absolute atomic E-state index is 0.0194. The summed E-state index contributed by atoms with van der Waals surface area (Å²) in [6.45, 7) is 12.7. The van der Waals surface area contributed by atoms with E-state index in [2.05, 4.69) is 59.5 Å². The fourth-order valence-electron chi connectivity index (χ4n) is 3.79. The van der Waals surface area contributed by atoms with Gasteiger partial charge in [0.15, 0.2) is 6.29 Å². The molecular weight excluding hydrogens is 406 g/mol. The average molecular weight is 442 g/mol. The van der Waals surface area contributed by atoms with Crippen LogP contribution >= 0.6 is 0 Å². The molecule has 0 aromatic carbocycles. The number of nitrogens with two attached hydrogens (primary N) is 1. The third kappa shape index (κ3) is 6.36. The molecule has 3 heterocycles. The van der Waals surface area contributed by atoms with E-state index in [0.29, 0.717) is 37.7 Å². The monoisotopic (exact) mass is 441 g/mol. The molecule has 8 heteroatoms. The summed E-state index contributed by atoms with van der Waals surface area (Å²) >= 11 is 0. The SMILES string of the molecule is CCc1cc(C#CCN2CC(C)(CO)C2)cnc1/C(C=NCC1OCC(C)(C)CO1)=N/N. The Hall–Kier alpha value is -2.31. The Balaban J connectivity index is 1.59. The number of aliphatic hydroxyl groups excluding tert-OH is 1. The van der Waals surface area contributed by atoms with Gasteiger partial charge in [-0.25, -0.2) is 0 Å². The molecule has 0 bridgehead atoms. The summed E-state index contributed by atoms with van der Waals surface area (Å²) in [5, 5.41) is 13.2. The van der Waals surface area contributed by atoms with E-state index >= 15 is 0 Å². The normalized spacial score (nSPS) is 21.2. The summed E-state index contributed by atoms with van der Waals surface area (Å²) in [4.78, 5) is 11.2. The number of rotatable bonds is 7. The summed E-state index contributed by atoms with van der Waals surface area (Å²) in [7, 11) is 0. The minimum atomic E-state index is -0.351. The molecule has 0 amide bonds. The number of hydrazone groups is 1. The molecule has 0 atom stereocenters. The third-order valence-corrected chi connectivity index (χ3v) is 5.64. The van der Waals surface area contributed by atoms with E-state index in [9.17, 15) is 5.11 Å². The summed E-state index contributed by atoms with van der Waals surface area (Å²) in [5.41, 5.74) is 3.14. The van der Waals surface area contributed by atoms with Crippen LogP contribution in [0.25, 0.3) is 0 Å². The third-order valence-electron chi connectivity index (χ3n) is 5.64. The van der Waals surface area contributed by atoms with Crippen molar-refractivity contribution >= 4 is 11.9 Å². The van der Waals surface area contributed by atoms with Crippen LogP contribution in [0.2, 0.25) is 0 Å². The first kappa shape index (κ1) is 24.3. The largest absolute Gasteiger partial charge is 0.396 e. The lowest BCUT2D eigenvalue weighted by atomic mass is 9.83. The fourth-order valence-corrected chi connectivity index (χ4v) is 3.79. The number of ether oxygens (including phenoxy) is 2. The Morgan fingerprint density at radius 1 is 1.34 bits per heavy atom. The van der Waals surface area contributed by atoms with E-state index < -0.39 is 0 Å². The van der Waals surface area contributed by atoms with Crippen LogP contribution in [0.3, 0.4) is 0 Å². The van der Waals surface area contributed by atoms with Crippen LogP contribution in [0.15, 0.2) is 22.4 Å². The van der Waals surface area contributed by atoms with Crippen molar-refractivity contribution in [2.45, 2.75) is 40.4 Å². The van der Waals surface area contributed by atoms with Crippen molar-refractivity contribution in [3.05, 3.63) is 29.1 Å². The Morgan fingerprint density at radius 2 is 2.06 bits per heavy atom. The van der Waals surface area contributed by atoms with Gasteiger partial charge < -0.3 is 20.4 Å². The summed E-state index contributed by atoms with van der Waals surface area (Å²) in [5.74, 6) is 12.0. The highest BCUT2D eigenvalue weighted by atomic mass is 16.7. The second kappa shape index (κ2) is 10.5. The molecule has 0 aliphatic carbocycles. The predicted octanol–water partition coefficient (Wildman–Crippen LogP) is 1.44. The van der Waals surface area contributed by atoms with Gasteiger partial charge >= 0.3 is 0 Å². The molecule has 174 valence electrons. The molecule has 0 radical (unpaired) electrons. The lowest BCUT2D eigenvalue weighted by Crippen LogP contribution is -2.56. The summed E-state index contributed by atoms with van der Waals surface area (Å²) in [6.07, 6.45) is 3.79. The van der Waals surface area contributed by atoms with E-state index in [1.165, 1.54) is 0 Å². The van der Waals surface area contributed by atoms with Gasteiger partial charge in [-0.1, -0.05) is 39.5 Å². The minimum Gasteiger partial charge on any atom is -0.396 e. The molecular formula is C24H35N5O3. The van der Waals surface area contributed by atoms with Gasteiger partial charge in [0.05, 0.1) is 44.8 Å². The Morgan fingerprint density at radius 3 is 2.69 bits per heavy atom. The summed E-state index contributed by atoms with van der Waals surface area (Å²) in [6, 6.07) is 2.03. The van der Waals surface area contributed by atoms with Crippen LogP contribution < -0.4 is 5.84 Å². The fraction of sp³-hybridized carbons (Fsp3) is 0.625. The zero-order valence-electron chi connectivity index (χ0n) is 19.6. The molecule has 1 aromatic rings. The second-order valence-corrected chi connectivity index (χ2v) is 9.73. The van der Waals surface area contributed by atoms with Crippen LogP contribution in [0.5, 0.6) is 0 Å². The standard InChI is InChI=1S/C24H35N5O3/c1-5-19-9-18(7-6-8-29-13-24(4,14-29)15-30)10-27-22(19)20(28-25)11-26-12-21-31-16-23(2,3)17-32-21/h9-11,21,30H,5,8,12-17,25H2,1-4H3/b26-11?,28-20+. The number of hydrogen-bond donors (Lipinski definition) is 2. The van der Waals surface area contributed by atoms with E-state index in [1.54, 1.807) is 12.4 Å². The van der Waals surface area contributed by atoms with Gasteiger partial charge in [-0.2, -0.15) is 5.10 Å². The van der Waals surface area contributed by atoms with E-state index in [4.69, 9.17) is 15.3 Å². The molecule has 2 saturated heterocycles. The first-order valence-corrected chi connectivity index (χ1v) is 11.1. The van der Waals surface area contributed by atoms with E-state index in [0.717, 1.165) is 30.6 Å². The van der Waals surface area contributed by atoms with Gasteiger partial charge in [0.2, 0.25) is 0 Å². The molecule has 3 rings (SSSR count). The van der Waals surface area contributed by atoms with Crippen LogP contribution in [0.4, 0.5) is 0 Å². The number of aliphatic imine (C=N–C) groups is 1. The Labute approximate surface area is 190 Å². The highest BCUT2D eigenvalue weighted by Crippen LogP contribution is 2.28. The van der Waals surface area contributed by atoms with Crippen molar-refractivity contribution < 1.29 is 14.6 Å². The maximum atomic E-state index is 9.34.